The first-order valence-electron chi connectivity index (χ1n) is 6.53. The summed E-state index contributed by atoms with van der Waals surface area (Å²) in [5.41, 5.74) is 5.57. The number of nitrogens with two attached hydrogens (primary N) is 1. The fourth-order valence-corrected chi connectivity index (χ4v) is 2.28. The minimum Gasteiger partial charge on any atom is -0.409 e. The summed E-state index contributed by atoms with van der Waals surface area (Å²) in [5.74, 6) is -0.137. The number of nitrogens with zero attached hydrogens (tertiary/aromatic N) is 1. The summed E-state index contributed by atoms with van der Waals surface area (Å²) in [6.07, 6.45) is 3.05. The molecule has 6 heteroatoms. The monoisotopic (exact) mass is 257 g/mol. The van der Waals surface area contributed by atoms with Crippen LogP contribution >= 0.6 is 0 Å². The molecule has 104 valence electrons. The van der Waals surface area contributed by atoms with Gasteiger partial charge in [0.2, 0.25) is 5.91 Å². The van der Waals surface area contributed by atoms with E-state index in [9.17, 15) is 4.79 Å². The number of hydrogen-bond acceptors (Lipinski definition) is 4. The van der Waals surface area contributed by atoms with Crippen molar-refractivity contribution in [1.82, 2.24) is 5.32 Å². The minimum absolute atomic E-state index is 0.0143. The first kappa shape index (κ1) is 14.8. The lowest BCUT2D eigenvalue weighted by atomic mass is 9.98. The highest BCUT2D eigenvalue weighted by Crippen LogP contribution is 2.23. The maximum Gasteiger partial charge on any atom is 0.226 e. The van der Waals surface area contributed by atoms with Gasteiger partial charge in [0, 0.05) is 6.61 Å². The topological polar surface area (TPSA) is 96.9 Å². The van der Waals surface area contributed by atoms with Crippen LogP contribution in [-0.4, -0.2) is 35.7 Å². The number of nitrogens with one attached hydrogen (secondary N) is 1. The summed E-state index contributed by atoms with van der Waals surface area (Å²) in [5, 5.41) is 14.5. The highest BCUT2D eigenvalue weighted by atomic mass is 16.5. The van der Waals surface area contributed by atoms with Gasteiger partial charge in [0.05, 0.1) is 18.1 Å². The lowest BCUT2D eigenvalue weighted by Crippen LogP contribution is -2.47. The van der Waals surface area contributed by atoms with Gasteiger partial charge in [-0.25, -0.2) is 0 Å². The summed E-state index contributed by atoms with van der Waals surface area (Å²) < 4.78 is 5.49. The Labute approximate surface area is 108 Å². The lowest BCUT2D eigenvalue weighted by Gasteiger charge is -2.21. The molecule has 4 N–H and O–H groups in total. The molecule has 1 heterocycles. The van der Waals surface area contributed by atoms with E-state index in [4.69, 9.17) is 15.7 Å². The van der Waals surface area contributed by atoms with Crippen molar-refractivity contribution in [2.24, 2.45) is 16.8 Å². The largest absolute Gasteiger partial charge is 0.409 e. The summed E-state index contributed by atoms with van der Waals surface area (Å²) in [7, 11) is 0. The molecule has 0 aromatic carbocycles. The van der Waals surface area contributed by atoms with Crippen molar-refractivity contribution in [2.45, 2.75) is 51.7 Å². The Morgan fingerprint density at radius 3 is 2.89 bits per heavy atom. The number of carbonyl (C=O) groups excluding carboxylic acids is 1. The van der Waals surface area contributed by atoms with Crippen molar-refractivity contribution in [3.63, 3.8) is 0 Å². The molecule has 1 fully saturated rings. The van der Waals surface area contributed by atoms with Crippen LogP contribution in [-0.2, 0) is 9.53 Å². The third kappa shape index (κ3) is 3.60. The van der Waals surface area contributed by atoms with Crippen molar-refractivity contribution in [2.75, 3.05) is 6.61 Å². The van der Waals surface area contributed by atoms with Gasteiger partial charge in [0.25, 0.3) is 0 Å². The highest BCUT2D eigenvalue weighted by molar-refractivity contribution is 5.90. The van der Waals surface area contributed by atoms with Gasteiger partial charge < -0.3 is 21.0 Å². The molecule has 1 aliphatic heterocycles. The number of amidine groups is 1. The van der Waals surface area contributed by atoms with Gasteiger partial charge in [0.1, 0.15) is 0 Å². The molecule has 1 amide bonds. The van der Waals surface area contributed by atoms with E-state index in [2.05, 4.69) is 10.5 Å². The zero-order chi connectivity index (χ0) is 13.5. The van der Waals surface area contributed by atoms with Crippen LogP contribution in [0.25, 0.3) is 0 Å². The predicted molar refractivity (Wildman–Crippen MR) is 68.4 cm³/mol. The number of amides is 1. The van der Waals surface area contributed by atoms with Crippen LogP contribution in [0.5, 0.6) is 0 Å². The van der Waals surface area contributed by atoms with Crippen LogP contribution in [0.15, 0.2) is 5.16 Å². The molecule has 18 heavy (non-hydrogen) atoms. The molecule has 0 aromatic heterocycles. The molecule has 1 aliphatic rings. The molecule has 0 aliphatic carbocycles. The summed E-state index contributed by atoms with van der Waals surface area (Å²) in [4.78, 5) is 12.1. The molecule has 3 unspecified atom stereocenters. The SMILES string of the molecule is CCCC(NC(=O)C1CCOC1CC)C(N)=NO. The van der Waals surface area contributed by atoms with Gasteiger partial charge in [0.15, 0.2) is 5.84 Å². The molecule has 6 nitrogen and oxygen atoms in total. The average Bonchev–Trinajstić information content (AvgIpc) is 2.85. The first-order chi connectivity index (χ1) is 8.63. The van der Waals surface area contributed by atoms with Gasteiger partial charge in [-0.2, -0.15) is 0 Å². The Morgan fingerprint density at radius 1 is 1.61 bits per heavy atom. The Morgan fingerprint density at radius 2 is 2.33 bits per heavy atom. The number of rotatable bonds is 6. The zero-order valence-corrected chi connectivity index (χ0v) is 11.1. The average molecular weight is 257 g/mol. The van der Waals surface area contributed by atoms with Crippen LogP contribution in [0.4, 0.5) is 0 Å². The number of ether oxygens (including phenoxy) is 1. The van der Waals surface area contributed by atoms with Crippen molar-refractivity contribution in [1.29, 1.82) is 0 Å². The smallest absolute Gasteiger partial charge is 0.226 e. The molecule has 1 saturated heterocycles. The molecule has 0 spiro atoms. The minimum atomic E-state index is -0.398. The van der Waals surface area contributed by atoms with Crippen molar-refractivity contribution >= 4 is 11.7 Å². The molecular formula is C12H23N3O3. The fourth-order valence-electron chi connectivity index (χ4n) is 2.28. The quantitative estimate of drug-likeness (QED) is 0.284. The van der Waals surface area contributed by atoms with Crippen molar-refractivity contribution < 1.29 is 14.7 Å². The summed E-state index contributed by atoms with van der Waals surface area (Å²) in [6, 6.07) is -0.398. The molecule has 0 radical (unpaired) electrons. The number of hydrogen-bond donors (Lipinski definition) is 3. The van der Waals surface area contributed by atoms with Gasteiger partial charge in [-0.3, -0.25) is 4.79 Å². The van der Waals surface area contributed by atoms with Gasteiger partial charge >= 0.3 is 0 Å². The van der Waals surface area contributed by atoms with E-state index in [1.165, 1.54) is 0 Å². The first-order valence-corrected chi connectivity index (χ1v) is 6.53. The van der Waals surface area contributed by atoms with Gasteiger partial charge in [-0.05, 0) is 19.3 Å². The van der Waals surface area contributed by atoms with E-state index in [0.29, 0.717) is 13.0 Å². The predicted octanol–water partition coefficient (Wildman–Crippen LogP) is 0.833. The fraction of sp³-hybridized carbons (Fsp3) is 0.833. The Bertz CT molecular complexity index is 307. The van der Waals surface area contributed by atoms with Crippen molar-refractivity contribution in [3.8, 4) is 0 Å². The second-order valence-electron chi connectivity index (χ2n) is 4.59. The second kappa shape index (κ2) is 7.20. The summed E-state index contributed by atoms with van der Waals surface area (Å²) >= 11 is 0. The van der Waals surface area contributed by atoms with Gasteiger partial charge in [-0.1, -0.05) is 25.4 Å². The molecule has 0 bridgehead atoms. The van der Waals surface area contributed by atoms with Gasteiger partial charge in [-0.15, -0.1) is 0 Å². The molecule has 3 atom stereocenters. The van der Waals surface area contributed by atoms with E-state index in [0.717, 1.165) is 19.3 Å². The molecule has 0 saturated carbocycles. The van der Waals surface area contributed by atoms with Crippen LogP contribution in [0, 0.1) is 5.92 Å². The summed E-state index contributed by atoms with van der Waals surface area (Å²) in [6.45, 7) is 4.61. The Balaban J connectivity index is 2.60. The van der Waals surface area contributed by atoms with Crippen LogP contribution in [0.2, 0.25) is 0 Å². The lowest BCUT2D eigenvalue weighted by molar-refractivity contribution is -0.127. The molecule has 1 rings (SSSR count). The number of oxime groups is 1. The maximum atomic E-state index is 12.1. The zero-order valence-electron chi connectivity index (χ0n) is 11.1. The van der Waals surface area contributed by atoms with E-state index in [1.54, 1.807) is 0 Å². The third-order valence-electron chi connectivity index (χ3n) is 3.32. The van der Waals surface area contributed by atoms with Crippen LogP contribution in [0.3, 0.4) is 0 Å². The van der Waals surface area contributed by atoms with Crippen LogP contribution < -0.4 is 11.1 Å². The second-order valence-corrected chi connectivity index (χ2v) is 4.59. The normalized spacial score (nSPS) is 26.0. The molecular weight excluding hydrogens is 234 g/mol. The Kier molecular flexibility index (Phi) is 5.91. The van der Waals surface area contributed by atoms with E-state index in [-0.39, 0.29) is 23.8 Å². The number of carbonyl (C=O) groups is 1. The maximum absolute atomic E-state index is 12.1. The highest BCUT2D eigenvalue weighted by Gasteiger charge is 2.34. The van der Waals surface area contributed by atoms with Crippen LogP contribution in [0.1, 0.15) is 39.5 Å². The molecule has 0 aromatic rings. The Hall–Kier alpha value is -1.30. The van der Waals surface area contributed by atoms with E-state index >= 15 is 0 Å². The standard InChI is InChI=1S/C12H23N3O3/c1-3-5-9(11(13)15-17)14-12(16)8-6-7-18-10(8)4-2/h8-10,17H,3-7H2,1-2H3,(H2,13,15)(H,14,16). The third-order valence-corrected chi connectivity index (χ3v) is 3.32. The van der Waals surface area contributed by atoms with E-state index < -0.39 is 6.04 Å². The van der Waals surface area contributed by atoms with E-state index in [1.807, 2.05) is 13.8 Å². The van der Waals surface area contributed by atoms with Crippen molar-refractivity contribution in [3.05, 3.63) is 0 Å².